The number of rotatable bonds is 8. The zero-order valence-corrected chi connectivity index (χ0v) is 16.0. The Balaban J connectivity index is 2.00. The SMILES string of the molecule is COCCNS(=O)(=O)c1ccc(C(=O)NCc2ccc(C)cc2C)cc1. The van der Waals surface area contributed by atoms with Crippen LogP contribution in [-0.2, 0) is 21.3 Å². The van der Waals surface area contributed by atoms with Crippen LogP contribution in [0.5, 0.6) is 0 Å². The second-order valence-electron chi connectivity index (χ2n) is 6.03. The molecule has 0 aliphatic rings. The number of amides is 1. The molecule has 7 heteroatoms. The minimum absolute atomic E-state index is 0.111. The lowest BCUT2D eigenvalue weighted by Gasteiger charge is -2.10. The Hall–Kier alpha value is -2.22. The quantitative estimate of drug-likeness (QED) is 0.692. The molecule has 0 saturated carbocycles. The van der Waals surface area contributed by atoms with Crippen molar-refractivity contribution in [3.8, 4) is 0 Å². The number of aryl methyl sites for hydroxylation is 2. The van der Waals surface area contributed by atoms with Gasteiger partial charge in [-0.25, -0.2) is 13.1 Å². The van der Waals surface area contributed by atoms with E-state index in [4.69, 9.17) is 4.74 Å². The maximum atomic E-state index is 12.3. The van der Waals surface area contributed by atoms with E-state index in [0.29, 0.717) is 12.1 Å². The Kier molecular flexibility index (Phi) is 6.90. The van der Waals surface area contributed by atoms with E-state index in [1.807, 2.05) is 26.0 Å². The lowest BCUT2D eigenvalue weighted by atomic mass is 10.1. The third-order valence-electron chi connectivity index (χ3n) is 3.96. The standard InChI is InChI=1S/C19H24N2O4S/c1-14-4-5-17(15(2)12-14)13-20-19(22)16-6-8-18(9-7-16)26(23,24)21-10-11-25-3/h4-9,12,21H,10-11,13H2,1-3H3,(H,20,22). The number of hydrogen-bond acceptors (Lipinski definition) is 4. The van der Waals surface area contributed by atoms with Gasteiger partial charge in [-0.3, -0.25) is 4.79 Å². The molecule has 0 aromatic heterocycles. The Labute approximate surface area is 154 Å². The molecule has 6 nitrogen and oxygen atoms in total. The first kappa shape index (κ1) is 20.1. The first-order valence-electron chi connectivity index (χ1n) is 8.26. The molecular weight excluding hydrogens is 352 g/mol. The summed E-state index contributed by atoms with van der Waals surface area (Å²) in [6.07, 6.45) is 0. The van der Waals surface area contributed by atoms with Gasteiger partial charge in [-0.1, -0.05) is 23.8 Å². The van der Waals surface area contributed by atoms with Gasteiger partial charge in [-0.2, -0.15) is 0 Å². The zero-order chi connectivity index (χ0) is 19.2. The normalized spacial score (nSPS) is 11.3. The molecule has 0 fully saturated rings. The van der Waals surface area contributed by atoms with Crippen molar-refractivity contribution < 1.29 is 17.9 Å². The molecule has 2 rings (SSSR count). The third kappa shape index (κ3) is 5.39. The van der Waals surface area contributed by atoms with Gasteiger partial charge in [-0.15, -0.1) is 0 Å². The summed E-state index contributed by atoms with van der Waals surface area (Å²) in [6, 6.07) is 11.9. The van der Waals surface area contributed by atoms with Crippen molar-refractivity contribution in [2.75, 3.05) is 20.3 Å². The van der Waals surface area contributed by atoms with E-state index in [9.17, 15) is 13.2 Å². The van der Waals surface area contributed by atoms with Gasteiger partial charge >= 0.3 is 0 Å². The minimum atomic E-state index is -3.60. The van der Waals surface area contributed by atoms with E-state index in [1.165, 1.54) is 36.9 Å². The second kappa shape index (κ2) is 8.93. The van der Waals surface area contributed by atoms with Gasteiger partial charge in [0.05, 0.1) is 11.5 Å². The molecule has 0 atom stereocenters. The van der Waals surface area contributed by atoms with Gasteiger partial charge in [0, 0.05) is 25.8 Å². The van der Waals surface area contributed by atoms with Gasteiger partial charge in [0.15, 0.2) is 0 Å². The van der Waals surface area contributed by atoms with Crippen molar-refractivity contribution in [1.29, 1.82) is 0 Å². The highest BCUT2D eigenvalue weighted by Crippen LogP contribution is 2.12. The number of carbonyl (C=O) groups is 1. The van der Waals surface area contributed by atoms with Crippen molar-refractivity contribution in [1.82, 2.24) is 10.0 Å². The molecule has 1 amide bonds. The summed E-state index contributed by atoms with van der Waals surface area (Å²) in [7, 11) is -2.10. The van der Waals surface area contributed by atoms with Crippen LogP contribution in [-0.4, -0.2) is 34.6 Å². The van der Waals surface area contributed by atoms with Gasteiger partial charge in [0.25, 0.3) is 5.91 Å². The predicted octanol–water partition coefficient (Wildman–Crippen LogP) is 2.16. The summed E-state index contributed by atoms with van der Waals surface area (Å²) in [5.41, 5.74) is 3.75. The van der Waals surface area contributed by atoms with E-state index in [-0.39, 0.29) is 24.0 Å². The summed E-state index contributed by atoms with van der Waals surface area (Å²) in [5, 5.41) is 2.86. The van der Waals surface area contributed by atoms with Gasteiger partial charge in [0.2, 0.25) is 10.0 Å². The average molecular weight is 376 g/mol. The molecule has 0 bridgehead atoms. The Bertz CT molecular complexity index is 862. The van der Waals surface area contributed by atoms with Crippen LogP contribution < -0.4 is 10.0 Å². The maximum absolute atomic E-state index is 12.3. The maximum Gasteiger partial charge on any atom is 0.251 e. The molecule has 2 N–H and O–H groups in total. The zero-order valence-electron chi connectivity index (χ0n) is 15.2. The van der Waals surface area contributed by atoms with E-state index < -0.39 is 10.0 Å². The van der Waals surface area contributed by atoms with E-state index >= 15 is 0 Å². The molecule has 0 saturated heterocycles. The minimum Gasteiger partial charge on any atom is -0.383 e. The first-order valence-corrected chi connectivity index (χ1v) is 9.75. The fourth-order valence-corrected chi connectivity index (χ4v) is 3.48. The number of ether oxygens (including phenoxy) is 1. The largest absolute Gasteiger partial charge is 0.383 e. The van der Waals surface area contributed by atoms with Crippen LogP contribution in [0.25, 0.3) is 0 Å². The topological polar surface area (TPSA) is 84.5 Å². The van der Waals surface area contributed by atoms with Gasteiger partial charge in [-0.05, 0) is 49.2 Å². The third-order valence-corrected chi connectivity index (χ3v) is 5.44. The van der Waals surface area contributed by atoms with E-state index in [0.717, 1.165) is 11.1 Å². The Morgan fingerprint density at radius 2 is 1.77 bits per heavy atom. The fourth-order valence-electron chi connectivity index (χ4n) is 2.47. The van der Waals surface area contributed by atoms with Crippen LogP contribution in [0.3, 0.4) is 0 Å². The average Bonchev–Trinajstić information content (AvgIpc) is 2.61. The monoisotopic (exact) mass is 376 g/mol. The Morgan fingerprint density at radius 3 is 2.38 bits per heavy atom. The molecule has 2 aromatic rings. The molecule has 26 heavy (non-hydrogen) atoms. The molecule has 0 spiro atoms. The lowest BCUT2D eigenvalue weighted by molar-refractivity contribution is 0.0951. The van der Waals surface area contributed by atoms with Crippen LogP contribution >= 0.6 is 0 Å². The number of hydrogen-bond donors (Lipinski definition) is 2. The first-order chi connectivity index (χ1) is 12.3. The van der Waals surface area contributed by atoms with Crippen molar-refractivity contribution in [2.24, 2.45) is 0 Å². The van der Waals surface area contributed by atoms with Crippen molar-refractivity contribution >= 4 is 15.9 Å². The van der Waals surface area contributed by atoms with Gasteiger partial charge < -0.3 is 10.1 Å². The molecule has 0 aliphatic heterocycles. The van der Waals surface area contributed by atoms with Crippen LogP contribution in [0.1, 0.15) is 27.0 Å². The molecule has 0 heterocycles. The van der Waals surface area contributed by atoms with E-state index in [1.54, 1.807) is 0 Å². The van der Waals surface area contributed by atoms with Gasteiger partial charge in [0.1, 0.15) is 0 Å². The second-order valence-corrected chi connectivity index (χ2v) is 7.79. The van der Waals surface area contributed by atoms with Crippen molar-refractivity contribution in [2.45, 2.75) is 25.3 Å². The molecule has 2 aromatic carbocycles. The smallest absolute Gasteiger partial charge is 0.251 e. The Morgan fingerprint density at radius 1 is 1.08 bits per heavy atom. The molecule has 0 radical (unpaired) electrons. The van der Waals surface area contributed by atoms with Crippen LogP contribution in [0.15, 0.2) is 47.4 Å². The van der Waals surface area contributed by atoms with E-state index in [2.05, 4.69) is 16.1 Å². The number of methoxy groups -OCH3 is 1. The van der Waals surface area contributed by atoms with Crippen LogP contribution in [0.4, 0.5) is 0 Å². The summed E-state index contributed by atoms with van der Waals surface area (Å²) < 4.78 is 31.4. The predicted molar refractivity (Wildman–Crippen MR) is 101 cm³/mol. The fraction of sp³-hybridized carbons (Fsp3) is 0.316. The van der Waals surface area contributed by atoms with Crippen molar-refractivity contribution in [3.05, 3.63) is 64.7 Å². The highest BCUT2D eigenvalue weighted by atomic mass is 32.2. The number of benzene rings is 2. The summed E-state index contributed by atoms with van der Waals surface area (Å²) in [5.74, 6) is -0.249. The molecule has 0 unspecified atom stereocenters. The molecule has 140 valence electrons. The summed E-state index contributed by atoms with van der Waals surface area (Å²) in [6.45, 7) is 4.93. The lowest BCUT2D eigenvalue weighted by Crippen LogP contribution is -2.27. The highest BCUT2D eigenvalue weighted by Gasteiger charge is 2.14. The number of nitrogens with one attached hydrogen (secondary N) is 2. The molecule has 0 aliphatic carbocycles. The highest BCUT2D eigenvalue weighted by molar-refractivity contribution is 7.89. The van der Waals surface area contributed by atoms with Crippen LogP contribution in [0, 0.1) is 13.8 Å². The summed E-state index contributed by atoms with van der Waals surface area (Å²) >= 11 is 0. The number of sulfonamides is 1. The molecular formula is C19H24N2O4S. The van der Waals surface area contributed by atoms with Crippen molar-refractivity contribution in [3.63, 3.8) is 0 Å². The summed E-state index contributed by atoms with van der Waals surface area (Å²) in [4.78, 5) is 12.4. The van der Waals surface area contributed by atoms with Crippen LogP contribution in [0.2, 0.25) is 0 Å². The number of carbonyl (C=O) groups excluding carboxylic acids is 1.